The summed E-state index contributed by atoms with van der Waals surface area (Å²) < 4.78 is 15.1. The second kappa shape index (κ2) is 4.60. The van der Waals surface area contributed by atoms with Crippen LogP contribution in [0.15, 0.2) is 29.2 Å². The first kappa shape index (κ1) is 12.9. The van der Waals surface area contributed by atoms with Crippen molar-refractivity contribution in [2.24, 2.45) is 7.05 Å². The van der Waals surface area contributed by atoms with Gasteiger partial charge in [0.15, 0.2) is 0 Å². The first-order chi connectivity index (χ1) is 8.93. The zero-order chi connectivity index (χ0) is 14.2. The Kier molecular flexibility index (Phi) is 3.12. The Labute approximate surface area is 107 Å². The Morgan fingerprint density at radius 1 is 1.42 bits per heavy atom. The van der Waals surface area contributed by atoms with E-state index in [1.807, 2.05) is 0 Å². The average molecular weight is 263 g/mol. The summed E-state index contributed by atoms with van der Waals surface area (Å²) in [6.45, 7) is 1.60. The number of nitro benzene ring substituents is 1. The van der Waals surface area contributed by atoms with E-state index < -0.39 is 22.0 Å². The van der Waals surface area contributed by atoms with Crippen molar-refractivity contribution in [3.63, 3.8) is 0 Å². The predicted molar refractivity (Wildman–Crippen MR) is 66.3 cm³/mol. The lowest BCUT2D eigenvalue weighted by Gasteiger charge is -2.07. The quantitative estimate of drug-likeness (QED) is 0.611. The molecule has 0 aliphatic carbocycles. The minimum atomic E-state index is -1.01. The van der Waals surface area contributed by atoms with Gasteiger partial charge in [0.1, 0.15) is 0 Å². The number of nitro groups is 1. The van der Waals surface area contributed by atoms with Crippen LogP contribution in [0, 0.1) is 22.9 Å². The number of nitrogens with zero attached hydrogens (tertiary/aromatic N) is 3. The molecular formula is C12H10FN3O3. The standard InChI is InChI=1S/C12H10FN3O3/c1-7-6-14-15(2)12(17)10(7)8-4-3-5-9(11(8)13)16(18)19/h3-6H,1-2H3. The summed E-state index contributed by atoms with van der Waals surface area (Å²) in [5.74, 6) is -1.01. The van der Waals surface area contributed by atoms with Gasteiger partial charge in [-0.2, -0.15) is 9.49 Å². The molecule has 0 saturated heterocycles. The minimum Gasteiger partial charge on any atom is -0.267 e. The second-order valence-corrected chi connectivity index (χ2v) is 4.03. The maximum atomic E-state index is 14.1. The Bertz CT molecular complexity index is 725. The van der Waals surface area contributed by atoms with Crippen molar-refractivity contribution in [2.45, 2.75) is 6.92 Å². The third-order valence-electron chi connectivity index (χ3n) is 2.77. The maximum absolute atomic E-state index is 14.1. The van der Waals surface area contributed by atoms with Gasteiger partial charge in [-0.05, 0) is 12.5 Å². The molecule has 0 N–H and O–H groups in total. The van der Waals surface area contributed by atoms with Crippen LogP contribution in [0.25, 0.3) is 11.1 Å². The van der Waals surface area contributed by atoms with Crippen molar-refractivity contribution in [3.05, 3.63) is 56.2 Å². The van der Waals surface area contributed by atoms with Gasteiger partial charge in [-0.1, -0.05) is 12.1 Å². The third kappa shape index (κ3) is 2.10. The average Bonchev–Trinajstić information content (AvgIpc) is 2.36. The van der Waals surface area contributed by atoms with E-state index in [9.17, 15) is 19.3 Å². The topological polar surface area (TPSA) is 78.0 Å². The van der Waals surface area contributed by atoms with Gasteiger partial charge in [0.25, 0.3) is 5.56 Å². The SMILES string of the molecule is Cc1cnn(C)c(=O)c1-c1cccc([N+](=O)[O-])c1F. The fraction of sp³-hybridized carbons (Fsp3) is 0.167. The van der Waals surface area contributed by atoms with Gasteiger partial charge in [-0.15, -0.1) is 0 Å². The fourth-order valence-electron chi connectivity index (χ4n) is 1.80. The summed E-state index contributed by atoms with van der Waals surface area (Å²) in [6.07, 6.45) is 1.41. The molecule has 7 heteroatoms. The Hall–Kier alpha value is -2.57. The van der Waals surface area contributed by atoms with Crippen molar-refractivity contribution in [3.8, 4) is 11.1 Å². The molecule has 0 fully saturated rings. The van der Waals surface area contributed by atoms with Crippen molar-refractivity contribution < 1.29 is 9.31 Å². The lowest BCUT2D eigenvalue weighted by Crippen LogP contribution is -2.22. The monoisotopic (exact) mass is 263 g/mol. The number of rotatable bonds is 2. The molecule has 0 unspecified atom stereocenters. The first-order valence-electron chi connectivity index (χ1n) is 5.39. The maximum Gasteiger partial charge on any atom is 0.305 e. The van der Waals surface area contributed by atoms with Crippen LogP contribution in [-0.2, 0) is 7.05 Å². The van der Waals surface area contributed by atoms with E-state index in [1.54, 1.807) is 6.92 Å². The highest BCUT2D eigenvalue weighted by molar-refractivity contribution is 5.69. The number of aryl methyl sites for hydroxylation is 2. The molecule has 0 atom stereocenters. The predicted octanol–water partition coefficient (Wildman–Crippen LogP) is 1.80. The molecular weight excluding hydrogens is 253 g/mol. The smallest absolute Gasteiger partial charge is 0.267 e. The van der Waals surface area contributed by atoms with E-state index in [2.05, 4.69) is 5.10 Å². The Morgan fingerprint density at radius 2 is 2.11 bits per heavy atom. The van der Waals surface area contributed by atoms with Crippen LogP contribution in [0.1, 0.15) is 5.56 Å². The highest BCUT2D eigenvalue weighted by Crippen LogP contribution is 2.28. The van der Waals surface area contributed by atoms with E-state index in [0.717, 1.165) is 10.7 Å². The molecule has 0 saturated carbocycles. The number of aromatic nitrogens is 2. The molecule has 0 amide bonds. The second-order valence-electron chi connectivity index (χ2n) is 4.03. The van der Waals surface area contributed by atoms with Crippen LogP contribution in [0.4, 0.5) is 10.1 Å². The van der Waals surface area contributed by atoms with Crippen LogP contribution in [0.2, 0.25) is 0 Å². The molecule has 19 heavy (non-hydrogen) atoms. The van der Waals surface area contributed by atoms with E-state index in [4.69, 9.17) is 0 Å². The van der Waals surface area contributed by atoms with Crippen LogP contribution in [-0.4, -0.2) is 14.7 Å². The number of halogens is 1. The largest absolute Gasteiger partial charge is 0.305 e. The molecule has 0 bridgehead atoms. The van der Waals surface area contributed by atoms with Crippen molar-refractivity contribution in [1.29, 1.82) is 0 Å². The highest BCUT2D eigenvalue weighted by atomic mass is 19.1. The van der Waals surface area contributed by atoms with Crippen molar-refractivity contribution >= 4 is 5.69 Å². The summed E-state index contributed by atoms with van der Waals surface area (Å²) in [6, 6.07) is 3.74. The van der Waals surface area contributed by atoms with E-state index in [0.29, 0.717) is 5.56 Å². The molecule has 2 aromatic rings. The molecule has 0 aliphatic heterocycles. The molecule has 0 radical (unpaired) electrons. The van der Waals surface area contributed by atoms with Gasteiger partial charge in [-0.3, -0.25) is 14.9 Å². The number of hydrogen-bond acceptors (Lipinski definition) is 4. The fourth-order valence-corrected chi connectivity index (χ4v) is 1.80. The number of benzene rings is 1. The normalized spacial score (nSPS) is 10.5. The van der Waals surface area contributed by atoms with E-state index in [1.165, 1.54) is 25.4 Å². The summed E-state index contributed by atoms with van der Waals surface area (Å²) in [5, 5.41) is 14.5. The van der Waals surface area contributed by atoms with E-state index in [-0.39, 0.29) is 11.1 Å². The van der Waals surface area contributed by atoms with Gasteiger partial charge < -0.3 is 0 Å². The molecule has 1 aromatic carbocycles. The zero-order valence-electron chi connectivity index (χ0n) is 10.3. The Morgan fingerprint density at radius 3 is 2.74 bits per heavy atom. The third-order valence-corrected chi connectivity index (χ3v) is 2.77. The summed E-state index contributed by atoms with van der Waals surface area (Å²) in [4.78, 5) is 21.9. The van der Waals surface area contributed by atoms with Gasteiger partial charge in [0, 0.05) is 18.7 Å². The van der Waals surface area contributed by atoms with Crippen LogP contribution < -0.4 is 5.56 Å². The minimum absolute atomic E-state index is 0.0821. The first-order valence-corrected chi connectivity index (χ1v) is 5.39. The molecule has 0 spiro atoms. The van der Waals surface area contributed by atoms with Gasteiger partial charge >= 0.3 is 5.69 Å². The molecule has 98 valence electrons. The van der Waals surface area contributed by atoms with Crippen LogP contribution in [0.5, 0.6) is 0 Å². The number of hydrogen-bond donors (Lipinski definition) is 0. The lowest BCUT2D eigenvalue weighted by atomic mass is 10.0. The molecule has 1 heterocycles. The summed E-state index contributed by atoms with van der Waals surface area (Å²) in [5.41, 5.74) is -0.703. The molecule has 0 aliphatic rings. The van der Waals surface area contributed by atoms with Gasteiger partial charge in [-0.25, -0.2) is 4.68 Å². The lowest BCUT2D eigenvalue weighted by molar-refractivity contribution is -0.387. The summed E-state index contributed by atoms with van der Waals surface area (Å²) in [7, 11) is 1.43. The molecule has 1 aromatic heterocycles. The van der Waals surface area contributed by atoms with E-state index >= 15 is 0 Å². The van der Waals surface area contributed by atoms with Crippen molar-refractivity contribution in [2.75, 3.05) is 0 Å². The van der Waals surface area contributed by atoms with Gasteiger partial charge in [0.05, 0.1) is 16.7 Å². The Balaban J connectivity index is 2.81. The van der Waals surface area contributed by atoms with Crippen LogP contribution >= 0.6 is 0 Å². The van der Waals surface area contributed by atoms with Crippen molar-refractivity contribution in [1.82, 2.24) is 9.78 Å². The zero-order valence-corrected chi connectivity index (χ0v) is 10.3. The van der Waals surface area contributed by atoms with Crippen LogP contribution in [0.3, 0.4) is 0 Å². The molecule has 2 rings (SSSR count). The van der Waals surface area contributed by atoms with Gasteiger partial charge in [0.2, 0.25) is 5.82 Å². The highest BCUT2D eigenvalue weighted by Gasteiger charge is 2.21. The summed E-state index contributed by atoms with van der Waals surface area (Å²) >= 11 is 0. The molecule has 6 nitrogen and oxygen atoms in total.